The molecule has 2 aliphatic rings. The summed E-state index contributed by atoms with van der Waals surface area (Å²) >= 11 is 6.88. The molecule has 0 saturated carbocycles. The van der Waals surface area contributed by atoms with Crippen molar-refractivity contribution in [3.63, 3.8) is 0 Å². The molecule has 1 aromatic rings. The van der Waals surface area contributed by atoms with Gasteiger partial charge in [-0.3, -0.25) is 4.79 Å². The molecule has 21 heavy (non-hydrogen) atoms. The standard InChI is InChI=1S/C13H18ClN3O3S/c14-13-16-15-11(21-13)12(18)17(7-9-3-1-5-19-9)8-10-4-2-6-20-10/h9-10H,1-8H2. The van der Waals surface area contributed by atoms with E-state index >= 15 is 0 Å². The Labute approximate surface area is 132 Å². The van der Waals surface area contributed by atoms with Crippen molar-refractivity contribution in [2.45, 2.75) is 37.9 Å². The molecule has 3 rings (SSSR count). The number of carbonyl (C=O) groups excluding carboxylic acids is 1. The van der Waals surface area contributed by atoms with E-state index in [0.29, 0.717) is 18.1 Å². The third-order valence-corrected chi connectivity index (χ3v) is 4.77. The molecule has 2 unspecified atom stereocenters. The summed E-state index contributed by atoms with van der Waals surface area (Å²) in [6.07, 6.45) is 4.31. The Morgan fingerprint density at radius 1 is 1.19 bits per heavy atom. The number of hydrogen-bond donors (Lipinski definition) is 0. The van der Waals surface area contributed by atoms with Gasteiger partial charge in [-0.25, -0.2) is 0 Å². The largest absolute Gasteiger partial charge is 0.376 e. The van der Waals surface area contributed by atoms with E-state index < -0.39 is 0 Å². The van der Waals surface area contributed by atoms with Gasteiger partial charge in [-0.05, 0) is 37.3 Å². The molecule has 2 atom stereocenters. The minimum absolute atomic E-state index is 0.110. The Morgan fingerprint density at radius 2 is 1.81 bits per heavy atom. The predicted molar refractivity (Wildman–Crippen MR) is 78.8 cm³/mol. The lowest BCUT2D eigenvalue weighted by Crippen LogP contribution is -2.42. The lowest BCUT2D eigenvalue weighted by Gasteiger charge is -2.26. The first-order valence-corrected chi connectivity index (χ1v) is 8.43. The zero-order valence-electron chi connectivity index (χ0n) is 11.7. The molecule has 116 valence electrons. The molecule has 6 nitrogen and oxygen atoms in total. The van der Waals surface area contributed by atoms with Gasteiger partial charge in [-0.2, -0.15) is 0 Å². The second-order valence-electron chi connectivity index (χ2n) is 5.34. The van der Waals surface area contributed by atoms with Gasteiger partial charge in [0.25, 0.3) is 5.91 Å². The molecule has 1 amide bonds. The molecule has 0 spiro atoms. The van der Waals surface area contributed by atoms with Gasteiger partial charge in [0.1, 0.15) is 0 Å². The normalized spacial score (nSPS) is 25.4. The van der Waals surface area contributed by atoms with E-state index in [9.17, 15) is 4.79 Å². The highest BCUT2D eigenvalue weighted by atomic mass is 35.5. The number of rotatable bonds is 5. The van der Waals surface area contributed by atoms with Crippen molar-refractivity contribution in [2.75, 3.05) is 26.3 Å². The summed E-state index contributed by atoms with van der Waals surface area (Å²) in [5.41, 5.74) is 0. The monoisotopic (exact) mass is 331 g/mol. The highest BCUT2D eigenvalue weighted by molar-refractivity contribution is 7.17. The second-order valence-corrected chi connectivity index (χ2v) is 6.90. The van der Waals surface area contributed by atoms with Crippen LogP contribution >= 0.6 is 22.9 Å². The van der Waals surface area contributed by atoms with Crippen molar-refractivity contribution in [2.24, 2.45) is 0 Å². The van der Waals surface area contributed by atoms with Gasteiger partial charge < -0.3 is 14.4 Å². The summed E-state index contributed by atoms with van der Waals surface area (Å²) in [4.78, 5) is 14.4. The van der Waals surface area contributed by atoms with Crippen LogP contribution in [0.2, 0.25) is 4.47 Å². The van der Waals surface area contributed by atoms with Crippen molar-refractivity contribution in [3.05, 3.63) is 9.47 Å². The maximum absolute atomic E-state index is 12.6. The molecular weight excluding hydrogens is 314 g/mol. The number of ether oxygens (including phenoxy) is 2. The van der Waals surface area contributed by atoms with Gasteiger partial charge in [0.15, 0.2) is 0 Å². The Bertz CT molecular complexity index is 469. The smallest absolute Gasteiger partial charge is 0.285 e. The quantitative estimate of drug-likeness (QED) is 0.825. The van der Waals surface area contributed by atoms with Gasteiger partial charge in [-0.15, -0.1) is 10.2 Å². The van der Waals surface area contributed by atoms with Crippen LogP contribution in [0.5, 0.6) is 0 Å². The van der Waals surface area contributed by atoms with E-state index in [1.807, 2.05) is 0 Å². The highest BCUT2D eigenvalue weighted by Crippen LogP contribution is 2.21. The first-order chi connectivity index (χ1) is 10.2. The van der Waals surface area contributed by atoms with E-state index in [-0.39, 0.29) is 22.6 Å². The van der Waals surface area contributed by atoms with Gasteiger partial charge in [0.05, 0.1) is 12.2 Å². The van der Waals surface area contributed by atoms with Crippen LogP contribution in [0.3, 0.4) is 0 Å². The summed E-state index contributed by atoms with van der Waals surface area (Å²) in [6.45, 7) is 2.71. The minimum atomic E-state index is -0.134. The number of amides is 1. The van der Waals surface area contributed by atoms with E-state index in [1.54, 1.807) is 4.90 Å². The maximum atomic E-state index is 12.6. The summed E-state index contributed by atoms with van der Waals surface area (Å²) < 4.78 is 11.6. The average molecular weight is 332 g/mol. The molecule has 2 saturated heterocycles. The molecule has 0 radical (unpaired) electrons. The van der Waals surface area contributed by atoms with E-state index in [4.69, 9.17) is 21.1 Å². The molecule has 0 bridgehead atoms. The van der Waals surface area contributed by atoms with Crippen molar-refractivity contribution >= 4 is 28.8 Å². The SMILES string of the molecule is O=C(c1nnc(Cl)s1)N(CC1CCCO1)CC1CCCO1. The zero-order valence-corrected chi connectivity index (χ0v) is 13.2. The van der Waals surface area contributed by atoms with Crippen molar-refractivity contribution in [1.82, 2.24) is 15.1 Å². The van der Waals surface area contributed by atoms with Crippen LogP contribution in [0.15, 0.2) is 0 Å². The van der Waals surface area contributed by atoms with Crippen LogP contribution in [-0.2, 0) is 9.47 Å². The fourth-order valence-electron chi connectivity index (χ4n) is 2.74. The number of carbonyl (C=O) groups is 1. The van der Waals surface area contributed by atoms with Crippen LogP contribution in [0.1, 0.15) is 35.5 Å². The first-order valence-electron chi connectivity index (χ1n) is 7.24. The zero-order chi connectivity index (χ0) is 14.7. The fraction of sp³-hybridized carbons (Fsp3) is 0.769. The minimum Gasteiger partial charge on any atom is -0.376 e. The summed E-state index contributed by atoms with van der Waals surface area (Å²) in [5, 5.41) is 7.89. The molecule has 0 aliphatic carbocycles. The second kappa shape index (κ2) is 7.00. The topological polar surface area (TPSA) is 64.6 Å². The number of halogens is 1. The Hall–Kier alpha value is -0.760. The third-order valence-electron chi connectivity index (χ3n) is 3.77. The Morgan fingerprint density at radius 3 is 2.24 bits per heavy atom. The van der Waals surface area contributed by atoms with Crippen LogP contribution in [0.4, 0.5) is 0 Å². The van der Waals surface area contributed by atoms with E-state index in [1.165, 1.54) is 0 Å². The third kappa shape index (κ3) is 3.91. The maximum Gasteiger partial charge on any atom is 0.285 e. The number of nitrogens with zero attached hydrogens (tertiary/aromatic N) is 3. The Kier molecular flexibility index (Phi) is 5.05. The molecule has 2 fully saturated rings. The fourth-order valence-corrected chi connectivity index (χ4v) is 3.53. The number of hydrogen-bond acceptors (Lipinski definition) is 6. The molecule has 2 aliphatic heterocycles. The van der Waals surface area contributed by atoms with Crippen molar-refractivity contribution < 1.29 is 14.3 Å². The van der Waals surface area contributed by atoms with E-state index in [0.717, 1.165) is 50.2 Å². The van der Waals surface area contributed by atoms with E-state index in [2.05, 4.69) is 10.2 Å². The molecule has 8 heteroatoms. The lowest BCUT2D eigenvalue weighted by molar-refractivity contribution is 0.0307. The van der Waals surface area contributed by atoms with Gasteiger partial charge in [-0.1, -0.05) is 11.3 Å². The molecule has 0 N–H and O–H groups in total. The lowest BCUT2D eigenvalue weighted by atomic mass is 10.2. The molecular formula is C13H18ClN3O3S. The highest BCUT2D eigenvalue weighted by Gasteiger charge is 2.29. The summed E-state index contributed by atoms with van der Waals surface area (Å²) in [6, 6.07) is 0. The number of aromatic nitrogens is 2. The summed E-state index contributed by atoms with van der Waals surface area (Å²) in [7, 11) is 0. The van der Waals surface area contributed by atoms with Crippen LogP contribution in [-0.4, -0.2) is 59.5 Å². The van der Waals surface area contributed by atoms with Crippen LogP contribution < -0.4 is 0 Å². The average Bonchev–Trinajstić information content (AvgIpc) is 3.19. The van der Waals surface area contributed by atoms with Gasteiger partial charge in [0, 0.05) is 26.3 Å². The van der Waals surface area contributed by atoms with Crippen LogP contribution in [0, 0.1) is 0 Å². The van der Waals surface area contributed by atoms with Crippen LogP contribution in [0.25, 0.3) is 0 Å². The molecule has 1 aromatic heterocycles. The Balaban J connectivity index is 1.68. The van der Waals surface area contributed by atoms with Crippen molar-refractivity contribution in [3.8, 4) is 0 Å². The van der Waals surface area contributed by atoms with Gasteiger partial charge in [0.2, 0.25) is 9.47 Å². The van der Waals surface area contributed by atoms with Gasteiger partial charge >= 0.3 is 0 Å². The predicted octanol–water partition coefficient (Wildman–Crippen LogP) is 1.99. The molecule has 3 heterocycles. The van der Waals surface area contributed by atoms with Crippen molar-refractivity contribution in [1.29, 1.82) is 0 Å². The summed E-state index contributed by atoms with van der Waals surface area (Å²) in [5.74, 6) is -0.134. The molecule has 0 aromatic carbocycles. The first kappa shape index (κ1) is 15.1.